The minimum Gasteiger partial charge on any atom is -0.428 e. The molecular weight excluding hydrogens is 324 g/mol. The van der Waals surface area contributed by atoms with Gasteiger partial charge in [-0.2, -0.15) is 0 Å². The molecule has 3 nitrogen and oxygen atoms in total. The number of rotatable bonds is 3. The van der Waals surface area contributed by atoms with Gasteiger partial charge in [-0.1, -0.05) is 58.9 Å². The first-order valence-electron chi connectivity index (χ1n) is 9.31. The van der Waals surface area contributed by atoms with Crippen molar-refractivity contribution in [1.29, 1.82) is 0 Å². The maximum Gasteiger partial charge on any atom is 0.514 e. The molecular formula is C23H32O3. The highest BCUT2D eigenvalue weighted by Gasteiger charge is 2.29. The summed E-state index contributed by atoms with van der Waals surface area (Å²) in [4.78, 5) is 11.8. The molecule has 2 aromatic rings. The third-order valence-corrected chi connectivity index (χ3v) is 4.39. The molecule has 142 valence electrons. The first kappa shape index (κ1) is 20.3. The van der Waals surface area contributed by atoms with Gasteiger partial charge in [0.05, 0.1) is 0 Å². The van der Waals surface area contributed by atoms with Gasteiger partial charge in [-0.3, -0.25) is 0 Å². The normalized spacial score (nSPS) is 13.7. The molecule has 2 aromatic carbocycles. The van der Waals surface area contributed by atoms with Crippen molar-refractivity contribution in [2.24, 2.45) is 11.3 Å². The monoisotopic (exact) mass is 356 g/mol. The Bertz CT molecular complexity index is 776. The maximum absolute atomic E-state index is 11.8. The lowest BCUT2D eigenvalue weighted by molar-refractivity contribution is 0.0206. The Morgan fingerprint density at radius 3 is 2.00 bits per heavy atom. The van der Waals surface area contributed by atoms with Crippen LogP contribution in [0.3, 0.4) is 0 Å². The predicted molar refractivity (Wildman–Crippen MR) is 108 cm³/mol. The fraction of sp³-hybridized carbons (Fsp3) is 0.522. The van der Waals surface area contributed by atoms with E-state index in [1.807, 2.05) is 39.0 Å². The minimum absolute atomic E-state index is 0.196. The second-order valence-corrected chi connectivity index (χ2v) is 9.42. The van der Waals surface area contributed by atoms with Gasteiger partial charge in [0.1, 0.15) is 11.4 Å². The van der Waals surface area contributed by atoms with Gasteiger partial charge in [-0.05, 0) is 66.5 Å². The Balaban J connectivity index is 2.29. The van der Waals surface area contributed by atoms with Gasteiger partial charge in [0, 0.05) is 0 Å². The van der Waals surface area contributed by atoms with Gasteiger partial charge in [0.15, 0.2) is 0 Å². The van der Waals surface area contributed by atoms with Crippen molar-refractivity contribution < 1.29 is 14.3 Å². The second kappa shape index (κ2) is 7.30. The first-order valence-corrected chi connectivity index (χ1v) is 9.31. The topological polar surface area (TPSA) is 35.5 Å². The number of benzene rings is 2. The van der Waals surface area contributed by atoms with E-state index in [1.165, 1.54) is 5.56 Å². The molecule has 0 aliphatic rings. The molecule has 0 N–H and O–H groups in total. The summed E-state index contributed by atoms with van der Waals surface area (Å²) in [7, 11) is 0. The summed E-state index contributed by atoms with van der Waals surface area (Å²) in [5, 5.41) is 2.19. The molecule has 0 aromatic heterocycles. The molecule has 0 bridgehead atoms. The molecule has 26 heavy (non-hydrogen) atoms. The van der Waals surface area contributed by atoms with E-state index >= 15 is 0 Å². The van der Waals surface area contributed by atoms with Crippen LogP contribution in [0.25, 0.3) is 10.8 Å². The SMILES string of the molecule is CC(C)C(c1ccc2cc(OC(=O)OC(C)(C)C)ccc2c1)C(C)(C)C. The number of fused-ring (bicyclic) bond motifs is 1. The van der Waals surface area contributed by atoms with Crippen LogP contribution in [0.4, 0.5) is 4.79 Å². The number of carbonyl (C=O) groups excluding carboxylic acids is 1. The molecule has 3 heteroatoms. The molecule has 0 heterocycles. The Kier molecular flexibility index (Phi) is 5.70. The van der Waals surface area contributed by atoms with E-state index in [9.17, 15) is 4.79 Å². The summed E-state index contributed by atoms with van der Waals surface area (Å²) in [6.45, 7) is 16.9. The highest BCUT2D eigenvalue weighted by atomic mass is 16.7. The van der Waals surface area contributed by atoms with Crippen LogP contribution in [0.2, 0.25) is 0 Å². The van der Waals surface area contributed by atoms with Crippen molar-refractivity contribution in [3.05, 3.63) is 42.0 Å². The molecule has 0 aliphatic carbocycles. The first-order chi connectivity index (χ1) is 11.9. The van der Waals surface area contributed by atoms with Crippen molar-refractivity contribution in [3.8, 4) is 5.75 Å². The second-order valence-electron chi connectivity index (χ2n) is 9.42. The van der Waals surface area contributed by atoms with Crippen LogP contribution in [0, 0.1) is 11.3 Å². The average molecular weight is 357 g/mol. The maximum atomic E-state index is 11.8. The molecule has 0 fully saturated rings. The van der Waals surface area contributed by atoms with Crippen LogP contribution < -0.4 is 4.74 Å². The van der Waals surface area contributed by atoms with Crippen molar-refractivity contribution in [3.63, 3.8) is 0 Å². The highest BCUT2D eigenvalue weighted by molar-refractivity contribution is 5.85. The Morgan fingerprint density at radius 2 is 1.46 bits per heavy atom. The smallest absolute Gasteiger partial charge is 0.428 e. The number of hydrogen-bond donors (Lipinski definition) is 0. The summed E-state index contributed by atoms with van der Waals surface area (Å²) in [5.74, 6) is 1.53. The van der Waals surface area contributed by atoms with E-state index in [0.717, 1.165) is 10.8 Å². The largest absolute Gasteiger partial charge is 0.514 e. The van der Waals surface area contributed by atoms with Crippen molar-refractivity contribution in [2.45, 2.75) is 66.9 Å². The van der Waals surface area contributed by atoms with Crippen LogP contribution in [0.1, 0.15) is 66.9 Å². The molecule has 1 atom stereocenters. The quantitative estimate of drug-likeness (QED) is 0.441. The molecule has 1 unspecified atom stereocenters. The Labute approximate surface area is 157 Å². The molecule has 0 saturated carbocycles. The van der Waals surface area contributed by atoms with E-state index in [0.29, 0.717) is 17.6 Å². The fourth-order valence-corrected chi connectivity index (χ4v) is 3.75. The Morgan fingerprint density at radius 1 is 0.885 bits per heavy atom. The fourth-order valence-electron chi connectivity index (χ4n) is 3.75. The van der Waals surface area contributed by atoms with Crippen LogP contribution in [-0.2, 0) is 4.74 Å². The van der Waals surface area contributed by atoms with Crippen LogP contribution >= 0.6 is 0 Å². The molecule has 0 spiro atoms. The number of ether oxygens (including phenoxy) is 2. The van der Waals surface area contributed by atoms with Crippen molar-refractivity contribution >= 4 is 16.9 Å². The molecule has 0 saturated heterocycles. The lowest BCUT2D eigenvalue weighted by Crippen LogP contribution is -2.25. The lowest BCUT2D eigenvalue weighted by Gasteiger charge is -2.34. The zero-order chi connectivity index (χ0) is 19.7. The summed E-state index contributed by atoms with van der Waals surface area (Å²) in [6, 6.07) is 12.2. The summed E-state index contributed by atoms with van der Waals surface area (Å²) in [6.07, 6.45) is -0.680. The van der Waals surface area contributed by atoms with Gasteiger partial charge in [0.2, 0.25) is 0 Å². The number of hydrogen-bond acceptors (Lipinski definition) is 3. The molecule has 2 rings (SSSR count). The van der Waals surface area contributed by atoms with Crippen molar-refractivity contribution in [2.75, 3.05) is 0 Å². The molecule has 0 aliphatic heterocycles. The average Bonchev–Trinajstić information content (AvgIpc) is 2.43. The molecule has 0 amide bonds. The minimum atomic E-state index is -0.680. The van der Waals surface area contributed by atoms with Gasteiger partial charge < -0.3 is 9.47 Å². The predicted octanol–water partition coefficient (Wildman–Crippen LogP) is 6.94. The standard InChI is InChI=1S/C23H32O3/c1-15(2)20(22(3,4)5)18-10-9-17-14-19(12-11-16(17)13-18)25-21(24)26-23(6,7)8/h9-15,20H,1-8H3. The third kappa shape index (κ3) is 5.23. The van der Waals surface area contributed by atoms with Crippen LogP contribution in [0.15, 0.2) is 36.4 Å². The van der Waals surface area contributed by atoms with E-state index in [2.05, 4.69) is 52.8 Å². The molecule has 0 radical (unpaired) electrons. The van der Waals surface area contributed by atoms with Gasteiger partial charge in [-0.15, -0.1) is 0 Å². The lowest BCUT2D eigenvalue weighted by atomic mass is 9.70. The highest BCUT2D eigenvalue weighted by Crippen LogP contribution is 2.41. The van der Waals surface area contributed by atoms with Gasteiger partial charge in [-0.25, -0.2) is 4.79 Å². The summed E-state index contributed by atoms with van der Waals surface area (Å²) < 4.78 is 10.5. The number of carbonyl (C=O) groups is 1. The van der Waals surface area contributed by atoms with E-state index in [4.69, 9.17) is 9.47 Å². The van der Waals surface area contributed by atoms with Crippen molar-refractivity contribution in [1.82, 2.24) is 0 Å². The van der Waals surface area contributed by atoms with Crippen LogP contribution in [-0.4, -0.2) is 11.8 Å². The summed E-state index contributed by atoms with van der Waals surface area (Å²) >= 11 is 0. The zero-order valence-corrected chi connectivity index (χ0v) is 17.3. The van der Waals surface area contributed by atoms with Crippen LogP contribution in [0.5, 0.6) is 5.75 Å². The zero-order valence-electron chi connectivity index (χ0n) is 17.3. The van der Waals surface area contributed by atoms with Gasteiger partial charge >= 0.3 is 6.16 Å². The van der Waals surface area contributed by atoms with Gasteiger partial charge in [0.25, 0.3) is 0 Å². The van der Waals surface area contributed by atoms with E-state index in [1.54, 1.807) is 0 Å². The Hall–Kier alpha value is -2.03. The van der Waals surface area contributed by atoms with E-state index in [-0.39, 0.29) is 5.41 Å². The third-order valence-electron chi connectivity index (χ3n) is 4.39. The summed E-state index contributed by atoms with van der Waals surface area (Å²) in [5.41, 5.74) is 0.976. The van der Waals surface area contributed by atoms with E-state index < -0.39 is 11.8 Å².